The summed E-state index contributed by atoms with van der Waals surface area (Å²) in [6.45, 7) is 0.387. The van der Waals surface area contributed by atoms with Gasteiger partial charge in [-0.2, -0.15) is 0 Å². The number of pyridine rings is 1. The van der Waals surface area contributed by atoms with Crippen LogP contribution in [0.4, 0.5) is 0 Å². The molecule has 1 aromatic rings. The van der Waals surface area contributed by atoms with Crippen molar-refractivity contribution >= 4 is 11.9 Å². The highest BCUT2D eigenvalue weighted by atomic mass is 16.5. The molecule has 5 heteroatoms. The Balaban J connectivity index is 2.32. The predicted octanol–water partition coefficient (Wildman–Crippen LogP) is 0.261. The van der Waals surface area contributed by atoms with Crippen LogP contribution in [0.5, 0.6) is 0 Å². The Morgan fingerprint density at radius 2 is 2.07 bits per heavy atom. The molecule has 5 nitrogen and oxygen atoms in total. The molecule has 0 aromatic carbocycles. The normalized spacial score (nSPS) is 9.40. The standard InChI is InChI=1S/C10H12N2O3/c1-15-10(14)6-9(13)12-7-8-2-4-11-5-3-8/h2-5H,6-7H2,1H3,(H,12,13). The largest absolute Gasteiger partial charge is 0.469 e. The highest BCUT2D eigenvalue weighted by Gasteiger charge is 2.08. The number of hydrogen-bond acceptors (Lipinski definition) is 4. The fourth-order valence-corrected chi connectivity index (χ4v) is 0.967. The molecular formula is C10H12N2O3. The zero-order valence-electron chi connectivity index (χ0n) is 8.40. The zero-order chi connectivity index (χ0) is 11.1. The highest BCUT2D eigenvalue weighted by molar-refractivity contribution is 5.94. The lowest BCUT2D eigenvalue weighted by Crippen LogP contribution is -2.25. The molecule has 0 unspecified atom stereocenters. The lowest BCUT2D eigenvalue weighted by molar-refractivity contribution is -0.143. The third kappa shape index (κ3) is 4.21. The van der Waals surface area contributed by atoms with Gasteiger partial charge < -0.3 is 10.1 Å². The maximum Gasteiger partial charge on any atom is 0.315 e. The first-order valence-corrected chi connectivity index (χ1v) is 4.45. The molecule has 0 saturated heterocycles. The van der Waals surface area contributed by atoms with Crippen molar-refractivity contribution in [2.75, 3.05) is 7.11 Å². The molecule has 1 amide bonds. The summed E-state index contributed by atoms with van der Waals surface area (Å²) in [4.78, 5) is 25.7. The van der Waals surface area contributed by atoms with E-state index in [9.17, 15) is 9.59 Å². The molecule has 80 valence electrons. The first-order valence-electron chi connectivity index (χ1n) is 4.45. The molecule has 0 aliphatic carbocycles. The van der Waals surface area contributed by atoms with Crippen LogP contribution in [0.3, 0.4) is 0 Å². The van der Waals surface area contributed by atoms with E-state index in [1.807, 2.05) is 0 Å². The van der Waals surface area contributed by atoms with E-state index >= 15 is 0 Å². The number of nitrogens with zero attached hydrogens (tertiary/aromatic N) is 1. The summed E-state index contributed by atoms with van der Waals surface area (Å²) in [6, 6.07) is 3.58. The molecule has 0 radical (unpaired) electrons. The van der Waals surface area contributed by atoms with E-state index in [-0.39, 0.29) is 12.3 Å². The molecule has 1 rings (SSSR count). The van der Waals surface area contributed by atoms with Crippen LogP contribution in [0.25, 0.3) is 0 Å². The van der Waals surface area contributed by atoms with E-state index in [2.05, 4.69) is 15.0 Å². The van der Waals surface area contributed by atoms with Crippen molar-refractivity contribution in [1.29, 1.82) is 0 Å². The van der Waals surface area contributed by atoms with E-state index in [0.717, 1.165) is 5.56 Å². The summed E-state index contributed by atoms with van der Waals surface area (Å²) in [5.41, 5.74) is 0.934. The van der Waals surface area contributed by atoms with Crippen molar-refractivity contribution in [3.8, 4) is 0 Å². The maximum absolute atomic E-state index is 11.2. The molecule has 0 spiro atoms. The Hall–Kier alpha value is -1.91. The lowest BCUT2D eigenvalue weighted by atomic mass is 10.2. The number of methoxy groups -OCH3 is 1. The average Bonchev–Trinajstić information content (AvgIpc) is 2.27. The van der Waals surface area contributed by atoms with Crippen LogP contribution in [0.2, 0.25) is 0 Å². The average molecular weight is 208 g/mol. The number of nitrogens with one attached hydrogen (secondary N) is 1. The molecular weight excluding hydrogens is 196 g/mol. The highest BCUT2D eigenvalue weighted by Crippen LogP contribution is 1.95. The number of amides is 1. The van der Waals surface area contributed by atoms with Crippen LogP contribution in [-0.2, 0) is 20.9 Å². The van der Waals surface area contributed by atoms with Gasteiger partial charge in [0.1, 0.15) is 6.42 Å². The number of aromatic nitrogens is 1. The van der Waals surface area contributed by atoms with Gasteiger partial charge in [-0.3, -0.25) is 14.6 Å². The fourth-order valence-electron chi connectivity index (χ4n) is 0.967. The minimum Gasteiger partial charge on any atom is -0.469 e. The summed E-state index contributed by atoms with van der Waals surface area (Å²) in [6.07, 6.45) is 3.03. The van der Waals surface area contributed by atoms with Crippen molar-refractivity contribution in [3.63, 3.8) is 0 Å². The maximum atomic E-state index is 11.2. The molecule has 1 heterocycles. The molecule has 0 atom stereocenters. The Labute approximate surface area is 87.5 Å². The topological polar surface area (TPSA) is 68.3 Å². The first kappa shape index (κ1) is 11.2. The quantitative estimate of drug-likeness (QED) is 0.569. The minimum atomic E-state index is -0.540. The van der Waals surface area contributed by atoms with Gasteiger partial charge in [-0.25, -0.2) is 0 Å². The van der Waals surface area contributed by atoms with Crippen LogP contribution in [0, 0.1) is 0 Å². The van der Waals surface area contributed by atoms with E-state index in [1.54, 1.807) is 24.5 Å². The van der Waals surface area contributed by atoms with Gasteiger partial charge in [0.05, 0.1) is 7.11 Å². The second-order valence-corrected chi connectivity index (χ2v) is 2.89. The van der Waals surface area contributed by atoms with E-state index in [4.69, 9.17) is 0 Å². The molecule has 0 saturated carbocycles. The van der Waals surface area contributed by atoms with E-state index in [0.29, 0.717) is 6.54 Å². The molecule has 0 aliphatic heterocycles. The molecule has 0 bridgehead atoms. The fraction of sp³-hybridized carbons (Fsp3) is 0.300. The zero-order valence-corrected chi connectivity index (χ0v) is 8.40. The van der Waals surface area contributed by atoms with Gasteiger partial charge in [-0.15, -0.1) is 0 Å². The Kier molecular flexibility index (Phi) is 4.28. The summed E-state index contributed by atoms with van der Waals surface area (Å²) in [7, 11) is 1.25. The third-order valence-corrected chi connectivity index (χ3v) is 1.77. The van der Waals surface area contributed by atoms with Gasteiger partial charge in [0.2, 0.25) is 5.91 Å². The third-order valence-electron chi connectivity index (χ3n) is 1.77. The molecule has 15 heavy (non-hydrogen) atoms. The Bertz CT molecular complexity index is 338. The van der Waals surface area contributed by atoms with Crippen molar-refractivity contribution in [2.24, 2.45) is 0 Å². The summed E-state index contributed by atoms with van der Waals surface area (Å²) < 4.78 is 4.36. The number of carbonyl (C=O) groups is 2. The summed E-state index contributed by atoms with van der Waals surface area (Å²) in [5.74, 6) is -0.888. The smallest absolute Gasteiger partial charge is 0.315 e. The number of carbonyl (C=O) groups excluding carboxylic acids is 2. The minimum absolute atomic E-state index is 0.248. The van der Waals surface area contributed by atoms with Crippen molar-refractivity contribution in [1.82, 2.24) is 10.3 Å². The molecule has 1 N–H and O–H groups in total. The SMILES string of the molecule is COC(=O)CC(=O)NCc1ccncc1. The van der Waals surface area contributed by atoms with Gasteiger partial charge in [0.25, 0.3) is 0 Å². The van der Waals surface area contributed by atoms with Gasteiger partial charge in [-0.05, 0) is 17.7 Å². The van der Waals surface area contributed by atoms with Gasteiger partial charge >= 0.3 is 5.97 Å². The van der Waals surface area contributed by atoms with Crippen molar-refractivity contribution in [3.05, 3.63) is 30.1 Å². The lowest BCUT2D eigenvalue weighted by Gasteiger charge is -2.03. The van der Waals surface area contributed by atoms with Gasteiger partial charge in [0, 0.05) is 18.9 Å². The van der Waals surface area contributed by atoms with Crippen LogP contribution < -0.4 is 5.32 Å². The number of esters is 1. The van der Waals surface area contributed by atoms with E-state index in [1.165, 1.54) is 7.11 Å². The van der Waals surface area contributed by atoms with Crippen LogP contribution in [0.15, 0.2) is 24.5 Å². The van der Waals surface area contributed by atoms with Crippen LogP contribution in [0.1, 0.15) is 12.0 Å². The van der Waals surface area contributed by atoms with Gasteiger partial charge in [-0.1, -0.05) is 0 Å². The van der Waals surface area contributed by atoms with Crippen molar-refractivity contribution in [2.45, 2.75) is 13.0 Å². The van der Waals surface area contributed by atoms with Gasteiger partial charge in [0.15, 0.2) is 0 Å². The van der Waals surface area contributed by atoms with Crippen LogP contribution in [-0.4, -0.2) is 24.0 Å². The van der Waals surface area contributed by atoms with Crippen molar-refractivity contribution < 1.29 is 14.3 Å². The number of ether oxygens (including phenoxy) is 1. The Morgan fingerprint density at radius 3 is 2.67 bits per heavy atom. The molecule has 1 aromatic heterocycles. The number of hydrogen-bond donors (Lipinski definition) is 1. The molecule has 0 fully saturated rings. The monoisotopic (exact) mass is 208 g/mol. The van der Waals surface area contributed by atoms with E-state index < -0.39 is 5.97 Å². The second-order valence-electron chi connectivity index (χ2n) is 2.89. The predicted molar refractivity (Wildman–Crippen MR) is 52.7 cm³/mol. The number of rotatable bonds is 4. The second kappa shape index (κ2) is 5.74. The Morgan fingerprint density at radius 1 is 1.40 bits per heavy atom. The molecule has 0 aliphatic rings. The van der Waals surface area contributed by atoms with Crippen LogP contribution >= 0.6 is 0 Å². The first-order chi connectivity index (χ1) is 7.22. The summed E-state index contributed by atoms with van der Waals surface area (Å²) in [5, 5.41) is 2.60. The summed E-state index contributed by atoms with van der Waals surface area (Å²) >= 11 is 0.